The number of rotatable bonds is 4. The molecule has 26 heavy (non-hydrogen) atoms. The van der Waals surface area contributed by atoms with Crippen molar-refractivity contribution in [3.63, 3.8) is 0 Å². The molecule has 0 saturated heterocycles. The van der Waals surface area contributed by atoms with Crippen LogP contribution in [0.25, 0.3) is 5.69 Å². The molecule has 4 nitrogen and oxygen atoms in total. The maximum absolute atomic E-state index is 12.2. The van der Waals surface area contributed by atoms with Crippen LogP contribution in [-0.4, -0.2) is 16.7 Å². The van der Waals surface area contributed by atoms with Crippen LogP contribution in [0.1, 0.15) is 32.9 Å². The van der Waals surface area contributed by atoms with Crippen molar-refractivity contribution in [3.05, 3.63) is 87.1 Å². The average Bonchev–Trinajstić information content (AvgIpc) is 2.89. The molecule has 2 aromatic carbocycles. The van der Waals surface area contributed by atoms with Gasteiger partial charge in [-0.25, -0.2) is 5.43 Å². The fourth-order valence-electron chi connectivity index (χ4n) is 2.95. The largest absolute Gasteiger partial charge is 0.318 e. The fourth-order valence-corrected chi connectivity index (χ4v) is 3.41. The van der Waals surface area contributed by atoms with Crippen molar-refractivity contribution in [1.82, 2.24) is 9.99 Å². The van der Waals surface area contributed by atoms with Gasteiger partial charge in [0.1, 0.15) is 0 Å². The molecular formula is C21H20BrN3O. The molecule has 1 heterocycles. The summed E-state index contributed by atoms with van der Waals surface area (Å²) in [4.78, 5) is 12.2. The molecule has 3 rings (SSSR count). The van der Waals surface area contributed by atoms with E-state index in [4.69, 9.17) is 0 Å². The smallest absolute Gasteiger partial charge is 0.272 e. The fraction of sp³-hybridized carbons (Fsp3) is 0.143. The predicted octanol–water partition coefficient (Wildman–Crippen LogP) is 4.93. The van der Waals surface area contributed by atoms with E-state index < -0.39 is 0 Å². The van der Waals surface area contributed by atoms with E-state index in [0.717, 1.165) is 27.1 Å². The van der Waals surface area contributed by atoms with Crippen LogP contribution in [0.2, 0.25) is 0 Å². The molecule has 132 valence electrons. The second-order valence-electron chi connectivity index (χ2n) is 6.18. The lowest BCUT2D eigenvalue weighted by Gasteiger charge is -2.10. The standard InChI is InChI=1S/C21H20BrN3O/c1-14-7-6-8-18(11-14)25-15(2)12-17(16(25)3)13-23-24-21(26)19-9-4-5-10-20(19)22/h4-13H,1-3H3,(H,24,26)/b23-13-. The molecule has 3 aromatic rings. The molecule has 0 aliphatic carbocycles. The highest BCUT2D eigenvalue weighted by Gasteiger charge is 2.10. The van der Waals surface area contributed by atoms with E-state index >= 15 is 0 Å². The number of carbonyl (C=O) groups excluding carboxylic acids is 1. The molecule has 0 atom stereocenters. The maximum Gasteiger partial charge on any atom is 0.272 e. The van der Waals surface area contributed by atoms with Gasteiger partial charge in [0.2, 0.25) is 0 Å². The van der Waals surface area contributed by atoms with Crippen LogP contribution in [0.4, 0.5) is 0 Å². The van der Waals surface area contributed by atoms with Gasteiger partial charge in [0.15, 0.2) is 0 Å². The van der Waals surface area contributed by atoms with Gasteiger partial charge in [0, 0.05) is 27.1 Å². The van der Waals surface area contributed by atoms with Crippen molar-refractivity contribution in [3.8, 4) is 5.69 Å². The Kier molecular flexibility index (Phi) is 5.38. The average molecular weight is 410 g/mol. The summed E-state index contributed by atoms with van der Waals surface area (Å²) in [5, 5.41) is 4.13. The van der Waals surface area contributed by atoms with E-state index in [-0.39, 0.29) is 5.91 Å². The number of hydrogen-bond acceptors (Lipinski definition) is 2. The monoisotopic (exact) mass is 409 g/mol. The summed E-state index contributed by atoms with van der Waals surface area (Å²) in [6.07, 6.45) is 1.68. The van der Waals surface area contributed by atoms with Gasteiger partial charge >= 0.3 is 0 Å². The minimum Gasteiger partial charge on any atom is -0.318 e. The van der Waals surface area contributed by atoms with Crippen molar-refractivity contribution in [2.24, 2.45) is 5.10 Å². The number of hydrazone groups is 1. The van der Waals surface area contributed by atoms with Crippen molar-refractivity contribution >= 4 is 28.1 Å². The first-order valence-electron chi connectivity index (χ1n) is 8.31. The molecule has 0 fully saturated rings. The van der Waals surface area contributed by atoms with E-state index in [1.807, 2.05) is 25.1 Å². The number of nitrogens with one attached hydrogen (secondary N) is 1. The molecule has 1 N–H and O–H groups in total. The molecule has 1 aromatic heterocycles. The first-order chi connectivity index (χ1) is 12.5. The van der Waals surface area contributed by atoms with Crippen molar-refractivity contribution in [2.75, 3.05) is 0 Å². The topological polar surface area (TPSA) is 46.4 Å². The van der Waals surface area contributed by atoms with Crippen molar-refractivity contribution < 1.29 is 4.79 Å². The van der Waals surface area contributed by atoms with E-state index in [0.29, 0.717) is 5.56 Å². The summed E-state index contributed by atoms with van der Waals surface area (Å²) in [7, 11) is 0. The van der Waals surface area contributed by atoms with Gasteiger partial charge in [-0.3, -0.25) is 4.79 Å². The Morgan fingerprint density at radius 3 is 2.58 bits per heavy atom. The van der Waals surface area contributed by atoms with Crippen LogP contribution >= 0.6 is 15.9 Å². The van der Waals surface area contributed by atoms with Crippen LogP contribution in [0, 0.1) is 20.8 Å². The van der Waals surface area contributed by atoms with Crippen molar-refractivity contribution in [2.45, 2.75) is 20.8 Å². The zero-order chi connectivity index (χ0) is 18.7. The quantitative estimate of drug-likeness (QED) is 0.481. The SMILES string of the molecule is Cc1cccc(-n2c(C)cc(/C=N\NC(=O)c3ccccc3Br)c2C)c1. The van der Waals surface area contributed by atoms with Crippen LogP contribution in [0.5, 0.6) is 0 Å². The normalized spacial score (nSPS) is 11.1. The number of nitrogens with zero attached hydrogens (tertiary/aromatic N) is 2. The summed E-state index contributed by atoms with van der Waals surface area (Å²) >= 11 is 3.37. The summed E-state index contributed by atoms with van der Waals surface area (Å²) in [5.41, 5.74) is 8.63. The second kappa shape index (κ2) is 7.70. The van der Waals surface area contributed by atoms with Crippen LogP contribution in [-0.2, 0) is 0 Å². The Morgan fingerprint density at radius 2 is 1.85 bits per heavy atom. The number of amides is 1. The van der Waals surface area contributed by atoms with Crippen LogP contribution in [0.15, 0.2) is 64.2 Å². The highest BCUT2D eigenvalue weighted by atomic mass is 79.9. The van der Waals surface area contributed by atoms with Gasteiger partial charge in [-0.1, -0.05) is 24.3 Å². The summed E-state index contributed by atoms with van der Waals surface area (Å²) < 4.78 is 2.93. The van der Waals surface area contributed by atoms with Crippen LogP contribution in [0.3, 0.4) is 0 Å². The van der Waals surface area contributed by atoms with Crippen molar-refractivity contribution in [1.29, 1.82) is 0 Å². The Balaban J connectivity index is 1.81. The number of carbonyl (C=O) groups is 1. The van der Waals surface area contributed by atoms with E-state index in [1.165, 1.54) is 5.56 Å². The predicted molar refractivity (Wildman–Crippen MR) is 109 cm³/mol. The number of hydrogen-bond donors (Lipinski definition) is 1. The molecule has 0 bridgehead atoms. The molecule has 5 heteroatoms. The lowest BCUT2D eigenvalue weighted by atomic mass is 10.2. The van der Waals surface area contributed by atoms with Gasteiger partial charge in [-0.2, -0.15) is 5.10 Å². The molecule has 0 aliphatic rings. The Bertz CT molecular complexity index is 989. The Morgan fingerprint density at radius 1 is 1.08 bits per heavy atom. The van der Waals surface area contributed by atoms with E-state index in [2.05, 4.69) is 75.2 Å². The lowest BCUT2D eigenvalue weighted by Crippen LogP contribution is -2.18. The maximum atomic E-state index is 12.2. The van der Waals surface area contributed by atoms with Gasteiger partial charge in [0.25, 0.3) is 5.91 Å². The molecule has 0 radical (unpaired) electrons. The first kappa shape index (κ1) is 18.1. The summed E-state index contributed by atoms with van der Waals surface area (Å²) in [6, 6.07) is 17.7. The zero-order valence-corrected chi connectivity index (χ0v) is 16.5. The number of benzene rings is 2. The summed E-state index contributed by atoms with van der Waals surface area (Å²) in [6.45, 7) is 6.19. The minimum absolute atomic E-state index is 0.249. The van der Waals surface area contributed by atoms with Gasteiger partial charge in [-0.15, -0.1) is 0 Å². The third kappa shape index (κ3) is 3.78. The van der Waals surface area contributed by atoms with E-state index in [9.17, 15) is 4.79 Å². The van der Waals surface area contributed by atoms with Gasteiger partial charge < -0.3 is 4.57 Å². The van der Waals surface area contributed by atoms with E-state index in [1.54, 1.807) is 12.3 Å². The summed E-state index contributed by atoms with van der Waals surface area (Å²) in [5.74, 6) is -0.249. The first-order valence-corrected chi connectivity index (χ1v) is 9.10. The number of aryl methyl sites for hydroxylation is 2. The number of halogens is 1. The lowest BCUT2D eigenvalue weighted by molar-refractivity contribution is 0.0954. The molecule has 0 unspecified atom stereocenters. The Labute approximate surface area is 161 Å². The Hall–Kier alpha value is -2.66. The highest BCUT2D eigenvalue weighted by Crippen LogP contribution is 2.20. The van der Waals surface area contributed by atoms with Crippen LogP contribution < -0.4 is 5.43 Å². The highest BCUT2D eigenvalue weighted by molar-refractivity contribution is 9.10. The molecule has 0 aliphatic heterocycles. The third-order valence-electron chi connectivity index (χ3n) is 4.22. The number of aromatic nitrogens is 1. The zero-order valence-electron chi connectivity index (χ0n) is 15.0. The van der Waals surface area contributed by atoms with Gasteiger partial charge in [-0.05, 0) is 72.6 Å². The molecule has 1 amide bonds. The minimum atomic E-state index is -0.249. The van der Waals surface area contributed by atoms with Gasteiger partial charge in [0.05, 0.1) is 11.8 Å². The molecule has 0 spiro atoms. The third-order valence-corrected chi connectivity index (χ3v) is 4.91. The second-order valence-corrected chi connectivity index (χ2v) is 7.03. The molecular weight excluding hydrogens is 390 g/mol. The molecule has 0 saturated carbocycles.